The van der Waals surface area contributed by atoms with Gasteiger partial charge < -0.3 is 24.1 Å². The highest BCUT2D eigenvalue weighted by molar-refractivity contribution is 6.29. The number of methoxy groups -OCH3 is 2. The highest BCUT2D eigenvalue weighted by Gasteiger charge is 2.26. The molecule has 1 aliphatic heterocycles. The monoisotopic (exact) mass is 431 g/mol. The molecule has 30 heavy (non-hydrogen) atoms. The SMILES string of the molecule is COC[C@@H](C)Oc1nc(Cl)cc(N2CCC(c3c[nH]c4nccc(OC)c34)CC2)n1. The summed E-state index contributed by atoms with van der Waals surface area (Å²) in [5.41, 5.74) is 2.12. The molecule has 9 heteroatoms. The zero-order valence-corrected chi connectivity index (χ0v) is 18.1. The fourth-order valence-electron chi connectivity index (χ4n) is 4.01. The number of hydrogen-bond donors (Lipinski definition) is 1. The van der Waals surface area contributed by atoms with Gasteiger partial charge in [0.25, 0.3) is 0 Å². The molecule has 8 nitrogen and oxygen atoms in total. The van der Waals surface area contributed by atoms with Crippen LogP contribution in [0.1, 0.15) is 31.2 Å². The Morgan fingerprint density at radius 1 is 1.27 bits per heavy atom. The first-order valence-corrected chi connectivity index (χ1v) is 10.4. The summed E-state index contributed by atoms with van der Waals surface area (Å²) in [4.78, 5) is 18.7. The largest absolute Gasteiger partial charge is 0.496 e. The van der Waals surface area contributed by atoms with Crippen molar-refractivity contribution in [2.75, 3.05) is 38.8 Å². The lowest BCUT2D eigenvalue weighted by Crippen LogP contribution is -2.33. The fourth-order valence-corrected chi connectivity index (χ4v) is 4.18. The summed E-state index contributed by atoms with van der Waals surface area (Å²) in [6.07, 6.45) is 5.64. The molecule has 0 aromatic carbocycles. The van der Waals surface area contributed by atoms with E-state index in [2.05, 4.69) is 31.0 Å². The van der Waals surface area contributed by atoms with Crippen molar-refractivity contribution in [2.24, 2.45) is 0 Å². The molecule has 0 saturated carbocycles. The lowest BCUT2D eigenvalue weighted by Gasteiger charge is -2.33. The number of ether oxygens (including phenoxy) is 3. The van der Waals surface area contributed by atoms with Crippen LogP contribution in [0.5, 0.6) is 11.8 Å². The summed E-state index contributed by atoms with van der Waals surface area (Å²) in [5, 5.41) is 1.44. The summed E-state index contributed by atoms with van der Waals surface area (Å²) in [6, 6.07) is 3.97. The number of aromatic nitrogens is 4. The Morgan fingerprint density at radius 3 is 2.80 bits per heavy atom. The standard InChI is InChI=1S/C21H26ClN5O3/c1-13(12-28-2)30-21-25-17(22)10-18(26-21)27-8-5-14(6-9-27)15-11-24-20-19(15)16(29-3)4-7-23-20/h4,7,10-11,13-14H,5-6,8-9,12H2,1-3H3,(H,23,24)/t13-/m1/s1. The Bertz CT molecular complexity index is 1000. The predicted octanol–water partition coefficient (Wildman–Crippen LogP) is 3.81. The zero-order valence-electron chi connectivity index (χ0n) is 17.4. The molecule has 4 rings (SSSR count). The minimum absolute atomic E-state index is 0.155. The third-order valence-corrected chi connectivity index (χ3v) is 5.61. The molecule has 3 aromatic heterocycles. The smallest absolute Gasteiger partial charge is 0.320 e. The maximum atomic E-state index is 6.22. The van der Waals surface area contributed by atoms with Crippen molar-refractivity contribution in [1.82, 2.24) is 19.9 Å². The third-order valence-electron chi connectivity index (χ3n) is 5.41. The van der Waals surface area contributed by atoms with E-state index in [-0.39, 0.29) is 12.1 Å². The molecule has 0 spiro atoms. The molecular weight excluding hydrogens is 406 g/mol. The number of halogens is 1. The summed E-state index contributed by atoms with van der Waals surface area (Å²) < 4.78 is 16.4. The van der Waals surface area contributed by atoms with E-state index in [9.17, 15) is 0 Å². The number of pyridine rings is 1. The molecule has 1 atom stereocenters. The van der Waals surface area contributed by atoms with Gasteiger partial charge in [0, 0.05) is 38.7 Å². The maximum absolute atomic E-state index is 6.22. The molecular formula is C21H26ClN5O3. The summed E-state index contributed by atoms with van der Waals surface area (Å²) in [7, 11) is 3.33. The van der Waals surface area contributed by atoms with Crippen LogP contribution in [-0.2, 0) is 4.74 Å². The van der Waals surface area contributed by atoms with Gasteiger partial charge in [0.2, 0.25) is 0 Å². The van der Waals surface area contributed by atoms with Gasteiger partial charge in [-0.1, -0.05) is 11.6 Å². The van der Waals surface area contributed by atoms with Crippen molar-refractivity contribution < 1.29 is 14.2 Å². The zero-order chi connectivity index (χ0) is 21.1. The number of nitrogens with zero attached hydrogens (tertiary/aromatic N) is 4. The molecule has 0 bridgehead atoms. The van der Waals surface area contributed by atoms with Crippen LogP contribution in [0.2, 0.25) is 5.15 Å². The second-order valence-corrected chi connectivity index (χ2v) is 7.84. The Kier molecular flexibility index (Phi) is 6.24. The van der Waals surface area contributed by atoms with Gasteiger partial charge in [-0.2, -0.15) is 9.97 Å². The van der Waals surface area contributed by atoms with Crippen LogP contribution in [0.3, 0.4) is 0 Å². The lowest BCUT2D eigenvalue weighted by atomic mass is 9.89. The highest BCUT2D eigenvalue weighted by atomic mass is 35.5. The molecule has 1 saturated heterocycles. The molecule has 0 aliphatic carbocycles. The third kappa shape index (κ3) is 4.29. The average molecular weight is 432 g/mol. The van der Waals surface area contributed by atoms with Crippen LogP contribution in [0, 0.1) is 0 Å². The molecule has 1 N–H and O–H groups in total. The van der Waals surface area contributed by atoms with E-state index >= 15 is 0 Å². The Labute approximate surface area is 180 Å². The minimum atomic E-state index is -0.155. The van der Waals surface area contributed by atoms with Crippen LogP contribution in [-0.4, -0.2) is 60.0 Å². The van der Waals surface area contributed by atoms with Gasteiger partial charge in [-0.25, -0.2) is 4.98 Å². The first-order valence-electron chi connectivity index (χ1n) is 10.0. The van der Waals surface area contributed by atoms with E-state index in [1.165, 1.54) is 5.56 Å². The molecule has 1 aliphatic rings. The van der Waals surface area contributed by atoms with E-state index < -0.39 is 0 Å². The van der Waals surface area contributed by atoms with Crippen LogP contribution in [0.4, 0.5) is 5.82 Å². The number of piperidine rings is 1. The number of anilines is 1. The Hall–Kier alpha value is -2.58. The minimum Gasteiger partial charge on any atom is -0.496 e. The topological polar surface area (TPSA) is 85.4 Å². The number of rotatable bonds is 7. The van der Waals surface area contributed by atoms with Gasteiger partial charge in [0.15, 0.2) is 0 Å². The predicted molar refractivity (Wildman–Crippen MR) is 116 cm³/mol. The number of hydrogen-bond acceptors (Lipinski definition) is 7. The highest BCUT2D eigenvalue weighted by Crippen LogP contribution is 2.37. The normalized spacial score (nSPS) is 16.1. The van der Waals surface area contributed by atoms with E-state index in [0.717, 1.165) is 48.5 Å². The van der Waals surface area contributed by atoms with Gasteiger partial charge in [-0.05, 0) is 37.3 Å². The van der Waals surface area contributed by atoms with Crippen molar-refractivity contribution in [3.05, 3.63) is 35.2 Å². The number of H-pyrrole nitrogens is 1. The van der Waals surface area contributed by atoms with Gasteiger partial charge in [0.05, 0.1) is 19.1 Å². The Morgan fingerprint density at radius 2 is 2.07 bits per heavy atom. The summed E-state index contributed by atoms with van der Waals surface area (Å²) in [6.45, 7) is 4.09. The molecule has 1 fully saturated rings. The molecule has 3 aromatic rings. The number of aromatic amines is 1. The molecule has 0 radical (unpaired) electrons. The van der Waals surface area contributed by atoms with Crippen LogP contribution in [0.25, 0.3) is 11.0 Å². The molecule has 0 amide bonds. The number of fused-ring (bicyclic) bond motifs is 1. The van der Waals surface area contributed by atoms with E-state index in [0.29, 0.717) is 17.7 Å². The number of nitrogens with one attached hydrogen (secondary N) is 1. The van der Waals surface area contributed by atoms with Gasteiger partial charge in [-0.3, -0.25) is 0 Å². The Balaban J connectivity index is 1.48. The first-order chi connectivity index (χ1) is 14.6. The van der Waals surface area contributed by atoms with Gasteiger partial charge >= 0.3 is 6.01 Å². The van der Waals surface area contributed by atoms with Gasteiger partial charge in [0.1, 0.15) is 28.5 Å². The van der Waals surface area contributed by atoms with Crippen molar-refractivity contribution >= 4 is 28.5 Å². The molecule has 160 valence electrons. The maximum Gasteiger partial charge on any atom is 0.320 e. The van der Waals surface area contributed by atoms with Crippen molar-refractivity contribution in [3.8, 4) is 11.8 Å². The molecule has 0 unspecified atom stereocenters. The van der Waals surface area contributed by atoms with Crippen molar-refractivity contribution in [1.29, 1.82) is 0 Å². The van der Waals surface area contributed by atoms with Crippen LogP contribution < -0.4 is 14.4 Å². The van der Waals surface area contributed by atoms with Crippen LogP contribution >= 0.6 is 11.6 Å². The molecule has 4 heterocycles. The van der Waals surface area contributed by atoms with Crippen molar-refractivity contribution in [2.45, 2.75) is 31.8 Å². The second-order valence-electron chi connectivity index (χ2n) is 7.46. The van der Waals surface area contributed by atoms with E-state index in [1.807, 2.05) is 13.0 Å². The first kappa shape index (κ1) is 20.7. The van der Waals surface area contributed by atoms with Crippen molar-refractivity contribution in [3.63, 3.8) is 0 Å². The van der Waals surface area contributed by atoms with Crippen LogP contribution in [0.15, 0.2) is 24.5 Å². The average Bonchev–Trinajstić information content (AvgIpc) is 3.18. The second kappa shape index (κ2) is 9.06. The summed E-state index contributed by atoms with van der Waals surface area (Å²) >= 11 is 6.22. The van der Waals surface area contributed by atoms with E-state index in [4.69, 9.17) is 25.8 Å². The fraction of sp³-hybridized carbons (Fsp3) is 0.476. The van der Waals surface area contributed by atoms with E-state index in [1.54, 1.807) is 26.5 Å². The lowest BCUT2D eigenvalue weighted by molar-refractivity contribution is 0.0856. The summed E-state index contributed by atoms with van der Waals surface area (Å²) in [5.74, 6) is 2.06. The quantitative estimate of drug-likeness (QED) is 0.569. The van der Waals surface area contributed by atoms with Gasteiger partial charge in [-0.15, -0.1) is 0 Å².